The van der Waals surface area contributed by atoms with Gasteiger partial charge in [0.05, 0.1) is 0 Å². The van der Waals surface area contributed by atoms with Gasteiger partial charge in [0.15, 0.2) is 0 Å². The van der Waals surface area contributed by atoms with Crippen molar-refractivity contribution in [3.8, 4) is 0 Å². The summed E-state index contributed by atoms with van der Waals surface area (Å²) in [4.78, 5) is 4.08. The van der Waals surface area contributed by atoms with Crippen LogP contribution in [0.4, 0.5) is 0 Å². The van der Waals surface area contributed by atoms with Crippen molar-refractivity contribution in [2.45, 2.75) is 19.3 Å². The van der Waals surface area contributed by atoms with Crippen molar-refractivity contribution >= 4 is 22.9 Å². The van der Waals surface area contributed by atoms with Crippen LogP contribution in [0.5, 0.6) is 0 Å². The lowest BCUT2D eigenvalue weighted by Gasteiger charge is -2.30. The average molecular weight is 244 g/mol. The molecule has 0 saturated carbocycles. The zero-order valence-electron chi connectivity index (χ0n) is 8.99. The number of piperidine rings is 1. The van der Waals surface area contributed by atoms with Gasteiger partial charge < -0.3 is 4.90 Å². The van der Waals surface area contributed by atoms with E-state index in [0.717, 1.165) is 11.8 Å². The Balaban J connectivity index is 1.69. The van der Waals surface area contributed by atoms with Gasteiger partial charge in [-0.3, -0.25) is 0 Å². The van der Waals surface area contributed by atoms with E-state index in [9.17, 15) is 0 Å². The topological polar surface area (TPSA) is 3.24 Å². The number of hydrogen-bond acceptors (Lipinski definition) is 2. The van der Waals surface area contributed by atoms with E-state index >= 15 is 0 Å². The lowest BCUT2D eigenvalue weighted by atomic mass is 9.99. The number of alkyl halides is 1. The summed E-state index contributed by atoms with van der Waals surface area (Å²) < 4.78 is 0. The Hall–Kier alpha value is -0.0500. The van der Waals surface area contributed by atoms with E-state index < -0.39 is 0 Å². The molecule has 1 aliphatic heterocycles. The Morgan fingerprint density at radius 1 is 1.40 bits per heavy atom. The Kier molecular flexibility index (Phi) is 4.48. The fourth-order valence-corrected chi connectivity index (χ4v) is 3.09. The molecule has 1 nitrogen and oxygen atoms in total. The molecular weight excluding hydrogens is 226 g/mol. The number of nitrogens with zero attached hydrogens (tertiary/aromatic N) is 1. The lowest BCUT2D eigenvalue weighted by Crippen LogP contribution is -2.35. The summed E-state index contributed by atoms with van der Waals surface area (Å²) in [5.74, 6) is 1.61. The predicted molar refractivity (Wildman–Crippen MR) is 67.9 cm³/mol. The second-order valence-corrected chi connectivity index (χ2v) is 5.61. The molecule has 84 valence electrons. The Morgan fingerprint density at radius 2 is 2.20 bits per heavy atom. The molecule has 0 radical (unpaired) electrons. The summed E-state index contributed by atoms with van der Waals surface area (Å²) in [6.45, 7) is 3.70. The fraction of sp³-hybridized carbons (Fsp3) is 0.667. The van der Waals surface area contributed by atoms with Crippen molar-refractivity contribution < 1.29 is 0 Å². The molecule has 0 amide bonds. The number of thiophene rings is 1. The van der Waals surface area contributed by atoms with Gasteiger partial charge in [0.1, 0.15) is 0 Å². The molecule has 15 heavy (non-hydrogen) atoms. The summed E-state index contributed by atoms with van der Waals surface area (Å²) in [7, 11) is 0. The highest BCUT2D eigenvalue weighted by Crippen LogP contribution is 2.19. The highest BCUT2D eigenvalue weighted by atomic mass is 35.5. The summed E-state index contributed by atoms with van der Waals surface area (Å²) in [6.07, 6.45) is 3.78. The molecule has 0 aromatic carbocycles. The Morgan fingerprint density at radius 3 is 2.80 bits per heavy atom. The van der Waals surface area contributed by atoms with Gasteiger partial charge in [0.25, 0.3) is 0 Å². The van der Waals surface area contributed by atoms with Crippen molar-refractivity contribution in [3.05, 3.63) is 22.4 Å². The minimum Gasteiger partial charge on any atom is -0.303 e. The molecule has 3 heteroatoms. The minimum atomic E-state index is 0.768. The van der Waals surface area contributed by atoms with Gasteiger partial charge in [0.2, 0.25) is 0 Å². The summed E-state index contributed by atoms with van der Waals surface area (Å²) in [6, 6.07) is 4.37. The third kappa shape index (κ3) is 3.47. The Bertz CT molecular complexity index is 265. The van der Waals surface area contributed by atoms with Crippen LogP contribution in [0.15, 0.2) is 17.5 Å². The second kappa shape index (κ2) is 5.88. The van der Waals surface area contributed by atoms with Crippen molar-refractivity contribution in [1.82, 2.24) is 4.90 Å². The van der Waals surface area contributed by atoms with Crippen LogP contribution in [0, 0.1) is 5.92 Å². The van der Waals surface area contributed by atoms with Crippen LogP contribution < -0.4 is 0 Å². The van der Waals surface area contributed by atoms with Crippen molar-refractivity contribution in [2.75, 3.05) is 25.5 Å². The largest absolute Gasteiger partial charge is 0.303 e. The number of rotatable bonds is 4. The normalized spacial score (nSPS) is 19.5. The number of hydrogen-bond donors (Lipinski definition) is 0. The van der Waals surface area contributed by atoms with Crippen molar-refractivity contribution in [1.29, 1.82) is 0 Å². The van der Waals surface area contributed by atoms with Crippen LogP contribution in [0.3, 0.4) is 0 Å². The van der Waals surface area contributed by atoms with E-state index in [-0.39, 0.29) is 0 Å². The number of halogens is 1. The molecule has 0 bridgehead atoms. The van der Waals surface area contributed by atoms with Crippen LogP contribution in [0.1, 0.15) is 17.7 Å². The first-order valence-electron chi connectivity index (χ1n) is 5.69. The van der Waals surface area contributed by atoms with Gasteiger partial charge >= 0.3 is 0 Å². The third-order valence-corrected chi connectivity index (χ3v) is 4.55. The summed E-state index contributed by atoms with van der Waals surface area (Å²) >= 11 is 7.74. The summed E-state index contributed by atoms with van der Waals surface area (Å²) in [5.41, 5.74) is 0. The number of likely N-dealkylation sites (tertiary alicyclic amines) is 1. The van der Waals surface area contributed by atoms with E-state index in [2.05, 4.69) is 22.4 Å². The maximum Gasteiger partial charge on any atom is 0.0252 e. The van der Waals surface area contributed by atoms with Crippen molar-refractivity contribution in [3.63, 3.8) is 0 Å². The van der Waals surface area contributed by atoms with Gasteiger partial charge in [0, 0.05) is 17.3 Å². The molecule has 1 saturated heterocycles. The molecule has 2 heterocycles. The zero-order chi connectivity index (χ0) is 10.5. The van der Waals surface area contributed by atoms with Gasteiger partial charge in [-0.1, -0.05) is 6.07 Å². The Labute approximate surface area is 101 Å². The van der Waals surface area contributed by atoms with E-state index in [1.807, 2.05) is 11.3 Å². The molecular formula is C12H18ClNS. The first-order valence-corrected chi connectivity index (χ1v) is 7.10. The van der Waals surface area contributed by atoms with Crippen LogP contribution in [-0.2, 0) is 6.42 Å². The molecule has 0 aliphatic carbocycles. The molecule has 1 aliphatic rings. The maximum absolute atomic E-state index is 5.87. The highest BCUT2D eigenvalue weighted by Gasteiger charge is 2.17. The molecule has 0 N–H and O–H groups in total. The predicted octanol–water partition coefficient (Wildman–Crippen LogP) is 3.24. The quantitative estimate of drug-likeness (QED) is 0.734. The smallest absolute Gasteiger partial charge is 0.0252 e. The first-order chi connectivity index (χ1) is 7.38. The molecule has 0 atom stereocenters. The molecule has 0 unspecified atom stereocenters. The monoisotopic (exact) mass is 243 g/mol. The van der Waals surface area contributed by atoms with E-state index in [1.165, 1.54) is 43.8 Å². The highest BCUT2D eigenvalue weighted by molar-refractivity contribution is 7.09. The first kappa shape index (κ1) is 11.4. The maximum atomic E-state index is 5.87. The van der Waals surface area contributed by atoms with Crippen molar-refractivity contribution in [2.24, 2.45) is 5.92 Å². The van der Waals surface area contributed by atoms with Gasteiger partial charge in [-0.2, -0.15) is 0 Å². The molecule has 2 rings (SSSR count). The standard InChI is InChI=1S/C12H18ClNS/c13-10-11-3-6-14(7-4-11)8-5-12-2-1-9-15-12/h1-2,9,11H,3-8,10H2. The molecule has 1 aromatic heterocycles. The molecule has 1 aromatic rings. The molecule has 0 spiro atoms. The van der Waals surface area contributed by atoms with Crippen LogP contribution in [-0.4, -0.2) is 30.4 Å². The SMILES string of the molecule is ClCC1CCN(CCc2cccs2)CC1. The van der Waals surface area contributed by atoms with Crippen LogP contribution >= 0.6 is 22.9 Å². The lowest BCUT2D eigenvalue weighted by molar-refractivity contribution is 0.196. The third-order valence-electron chi connectivity index (χ3n) is 3.18. The zero-order valence-corrected chi connectivity index (χ0v) is 10.6. The fourth-order valence-electron chi connectivity index (χ4n) is 2.09. The minimum absolute atomic E-state index is 0.768. The molecule has 1 fully saturated rings. The van der Waals surface area contributed by atoms with Crippen LogP contribution in [0.25, 0.3) is 0 Å². The van der Waals surface area contributed by atoms with Crippen LogP contribution in [0.2, 0.25) is 0 Å². The summed E-state index contributed by atoms with van der Waals surface area (Å²) in [5, 5.41) is 2.16. The van der Waals surface area contributed by atoms with Gasteiger partial charge in [-0.25, -0.2) is 0 Å². The van der Waals surface area contributed by atoms with Gasteiger partial charge in [-0.15, -0.1) is 22.9 Å². The van der Waals surface area contributed by atoms with Gasteiger partial charge in [-0.05, 0) is 49.7 Å². The second-order valence-electron chi connectivity index (χ2n) is 4.27. The van der Waals surface area contributed by atoms with E-state index in [0.29, 0.717) is 0 Å². The average Bonchev–Trinajstić information content (AvgIpc) is 2.80. The van der Waals surface area contributed by atoms with E-state index in [4.69, 9.17) is 11.6 Å². The van der Waals surface area contributed by atoms with E-state index in [1.54, 1.807) is 0 Å².